The molecular weight excluding hydrogens is 345 g/mol. The zero-order valence-electron chi connectivity index (χ0n) is 13.6. The minimum Gasteiger partial charge on any atom is -0.392 e. The van der Waals surface area contributed by atoms with Crippen LogP contribution in [-0.2, 0) is 19.5 Å². The second kappa shape index (κ2) is 7.69. The van der Waals surface area contributed by atoms with Crippen molar-refractivity contribution in [3.63, 3.8) is 0 Å². The smallest absolute Gasteiger partial charge is 0.288 e. The molecule has 1 unspecified atom stereocenters. The second-order valence-electron chi connectivity index (χ2n) is 6.50. The summed E-state index contributed by atoms with van der Waals surface area (Å²) in [4.78, 5) is 0. The summed E-state index contributed by atoms with van der Waals surface area (Å²) < 4.78 is 11.4. The van der Waals surface area contributed by atoms with E-state index in [1.54, 1.807) is 0 Å². The third-order valence-corrected chi connectivity index (χ3v) is 6.98. The van der Waals surface area contributed by atoms with Gasteiger partial charge in [-0.15, -0.1) is 0 Å². The fraction of sp³-hybridized carbons (Fsp3) is 0.333. The van der Waals surface area contributed by atoms with Crippen LogP contribution in [0.3, 0.4) is 0 Å². The molecule has 2 nitrogen and oxygen atoms in total. The molecule has 114 valence electrons. The van der Waals surface area contributed by atoms with E-state index in [9.17, 15) is 9.67 Å². The summed E-state index contributed by atoms with van der Waals surface area (Å²) in [7, 11) is -2.58. The van der Waals surface area contributed by atoms with Gasteiger partial charge in [0.25, 0.3) is 7.14 Å². The van der Waals surface area contributed by atoms with Crippen LogP contribution < -0.4 is 10.6 Å². The van der Waals surface area contributed by atoms with Crippen LogP contribution in [-0.4, -0.2) is 21.9 Å². The maximum absolute atomic E-state index is 11.4. The summed E-state index contributed by atoms with van der Waals surface area (Å²) in [6.45, 7) is 5.99. The molecule has 0 aromatic heterocycles. The molecule has 4 heteroatoms. The summed E-state index contributed by atoms with van der Waals surface area (Å²) in [5, 5.41) is 12.3. The monoisotopic (exact) mass is 367 g/mol. The first-order chi connectivity index (χ1) is 9.84. The Morgan fingerprint density at radius 2 is 1.27 bits per heavy atom. The molecule has 0 bridgehead atoms. The van der Waals surface area contributed by atoms with Crippen molar-refractivity contribution in [1.82, 2.24) is 0 Å². The van der Waals surface area contributed by atoms with Gasteiger partial charge in [-0.3, -0.25) is 0 Å². The first kappa shape index (κ1) is 19.3. The minimum absolute atomic E-state index is 0. The first-order valence-corrected chi connectivity index (χ1v) is 9.17. The Morgan fingerprint density at radius 3 is 1.59 bits per heavy atom. The fourth-order valence-electron chi connectivity index (χ4n) is 2.23. The van der Waals surface area contributed by atoms with Gasteiger partial charge in [-0.1, -0.05) is 57.2 Å². The molecule has 0 spiro atoms. The molecule has 2 aromatic rings. The molecule has 0 aliphatic rings. The van der Waals surface area contributed by atoms with Gasteiger partial charge in [0.15, 0.2) is 0 Å². The molecular formula is C18H24O2PZn+. The number of benzene rings is 2. The van der Waals surface area contributed by atoms with Crippen molar-refractivity contribution in [2.24, 2.45) is 5.41 Å². The fourth-order valence-corrected chi connectivity index (χ4v) is 5.33. The van der Waals surface area contributed by atoms with Crippen molar-refractivity contribution >= 4 is 17.8 Å². The normalized spacial score (nSPS) is 13.3. The average molecular weight is 369 g/mol. The Kier molecular flexibility index (Phi) is 6.74. The molecule has 2 aromatic carbocycles. The third-order valence-electron chi connectivity index (χ3n) is 3.80. The molecule has 2 N–H and O–H groups in total. The SMILES string of the molecule is CC(C)(C)C(O)CP(=[OH+])(c1ccccc1)c1ccccc1.[Zn]. The molecule has 0 saturated carbocycles. The van der Waals surface area contributed by atoms with Gasteiger partial charge in [-0.25, -0.2) is 0 Å². The van der Waals surface area contributed by atoms with E-state index in [1.807, 2.05) is 81.4 Å². The van der Waals surface area contributed by atoms with Crippen LogP contribution in [0.2, 0.25) is 0 Å². The minimum atomic E-state index is -2.58. The molecule has 0 heterocycles. The van der Waals surface area contributed by atoms with Crippen LogP contribution in [0.4, 0.5) is 0 Å². The van der Waals surface area contributed by atoms with E-state index < -0.39 is 13.2 Å². The number of aliphatic hydroxyl groups is 1. The molecule has 0 aliphatic heterocycles. The number of hydrogen-bond donors (Lipinski definition) is 1. The maximum Gasteiger partial charge on any atom is 0.288 e. The van der Waals surface area contributed by atoms with Crippen LogP contribution in [0, 0.1) is 5.41 Å². The molecule has 0 radical (unpaired) electrons. The van der Waals surface area contributed by atoms with Gasteiger partial charge < -0.3 is 9.67 Å². The Labute approximate surface area is 146 Å². The topological polar surface area (TPSA) is 41.6 Å². The van der Waals surface area contributed by atoms with Crippen LogP contribution in [0.25, 0.3) is 0 Å². The van der Waals surface area contributed by atoms with Crippen molar-refractivity contribution in [3.8, 4) is 0 Å². The quantitative estimate of drug-likeness (QED) is 0.502. The number of aliphatic hydroxyl groups excluding tert-OH is 1. The van der Waals surface area contributed by atoms with Gasteiger partial charge in [-0.05, 0) is 29.7 Å². The van der Waals surface area contributed by atoms with E-state index in [-0.39, 0.29) is 24.9 Å². The van der Waals surface area contributed by atoms with Crippen molar-refractivity contribution in [3.05, 3.63) is 60.7 Å². The maximum atomic E-state index is 11.4. The zero-order valence-corrected chi connectivity index (χ0v) is 17.5. The van der Waals surface area contributed by atoms with Crippen molar-refractivity contribution in [1.29, 1.82) is 0 Å². The van der Waals surface area contributed by atoms with E-state index in [0.29, 0.717) is 6.16 Å². The van der Waals surface area contributed by atoms with Gasteiger partial charge >= 0.3 is 0 Å². The van der Waals surface area contributed by atoms with Crippen LogP contribution in [0.5, 0.6) is 0 Å². The Hall–Kier alpha value is -0.747. The van der Waals surface area contributed by atoms with Gasteiger partial charge in [0.2, 0.25) is 0 Å². The standard InChI is InChI=1S/C18H23O2P.Zn/c1-18(2,3)17(19)14-21(20,15-10-6-4-7-11-15)16-12-8-5-9-13-16;/h4-13,17,19H,14H2,1-3H3;/p+1. The van der Waals surface area contributed by atoms with E-state index in [2.05, 4.69) is 0 Å². The van der Waals surface area contributed by atoms with E-state index >= 15 is 0 Å². The third kappa shape index (κ3) is 4.38. The van der Waals surface area contributed by atoms with Gasteiger partial charge in [-0.2, -0.15) is 0 Å². The number of hydrogen-bond acceptors (Lipinski definition) is 1. The summed E-state index contributed by atoms with van der Waals surface area (Å²) in [5.74, 6) is 0. The average Bonchev–Trinajstić information content (AvgIpc) is 2.48. The van der Waals surface area contributed by atoms with Crippen molar-refractivity contribution in [2.45, 2.75) is 26.9 Å². The van der Waals surface area contributed by atoms with Gasteiger partial charge in [0, 0.05) is 19.5 Å². The summed E-state index contributed by atoms with van der Waals surface area (Å²) in [6, 6.07) is 19.5. The number of rotatable bonds is 4. The van der Waals surface area contributed by atoms with Crippen LogP contribution >= 0.6 is 7.14 Å². The van der Waals surface area contributed by atoms with E-state index in [0.717, 1.165) is 10.6 Å². The molecule has 0 aliphatic carbocycles. The zero-order chi connectivity index (χ0) is 15.5. The predicted octanol–water partition coefficient (Wildman–Crippen LogP) is 3.35. The van der Waals surface area contributed by atoms with Crippen molar-refractivity contribution < 1.29 is 29.1 Å². The Morgan fingerprint density at radius 1 is 0.909 bits per heavy atom. The summed E-state index contributed by atoms with van der Waals surface area (Å²) in [5.41, 5.74) is -0.252. The molecule has 2 rings (SSSR count). The largest absolute Gasteiger partial charge is 0.392 e. The van der Waals surface area contributed by atoms with Crippen LogP contribution in [0.15, 0.2) is 60.7 Å². The molecule has 0 fully saturated rings. The molecule has 0 saturated heterocycles. The van der Waals surface area contributed by atoms with E-state index in [1.165, 1.54) is 0 Å². The molecule has 0 amide bonds. The molecule has 1 atom stereocenters. The van der Waals surface area contributed by atoms with Crippen molar-refractivity contribution in [2.75, 3.05) is 6.16 Å². The predicted molar refractivity (Wildman–Crippen MR) is 91.3 cm³/mol. The van der Waals surface area contributed by atoms with E-state index in [4.69, 9.17) is 0 Å². The first-order valence-electron chi connectivity index (χ1n) is 7.24. The Balaban J connectivity index is 0.00000242. The Bertz CT molecular complexity index is 577. The van der Waals surface area contributed by atoms with Gasteiger partial charge in [0.1, 0.15) is 0 Å². The van der Waals surface area contributed by atoms with Gasteiger partial charge in [0.05, 0.1) is 22.9 Å². The second-order valence-corrected chi connectivity index (χ2v) is 9.44. The summed E-state index contributed by atoms with van der Waals surface area (Å²) in [6.07, 6.45) is -0.180. The summed E-state index contributed by atoms with van der Waals surface area (Å²) >= 11 is 0. The molecule has 22 heavy (non-hydrogen) atoms. The van der Waals surface area contributed by atoms with Crippen LogP contribution in [0.1, 0.15) is 20.8 Å².